The minimum atomic E-state index is -0.624. The molecule has 21 aromatic rings. The lowest BCUT2D eigenvalue weighted by Gasteiger charge is -2.33. The van der Waals surface area contributed by atoms with Gasteiger partial charge in [-0.25, -0.2) is 0 Å². The molecule has 2 aromatic heterocycles. The summed E-state index contributed by atoms with van der Waals surface area (Å²) in [5, 5.41) is 2.26. The van der Waals surface area contributed by atoms with Gasteiger partial charge in [0, 0.05) is 95.7 Å². The van der Waals surface area contributed by atoms with Gasteiger partial charge in [0.15, 0.2) is 0 Å². The van der Waals surface area contributed by atoms with E-state index < -0.39 is 5.41 Å². The lowest BCUT2D eigenvalue weighted by molar-refractivity contribution is 0.628. The molecule has 6 nitrogen and oxygen atoms in total. The van der Waals surface area contributed by atoms with E-state index in [-0.39, 0.29) is 6.71 Å². The monoisotopic (exact) mass is 1610 g/mol. The lowest BCUT2D eigenvalue weighted by atomic mass is 9.38. The Morgan fingerprint density at radius 3 is 0.794 bits per heavy atom. The maximum Gasteiger partial charge on any atom is 0.248 e. The first-order valence-corrected chi connectivity index (χ1v) is 43.1. The van der Waals surface area contributed by atoms with Crippen molar-refractivity contribution in [2.24, 2.45) is 0 Å². The second kappa shape index (κ2) is 33.2. The molecule has 1 aliphatic carbocycles. The zero-order valence-corrected chi connectivity index (χ0v) is 69.1. The smallest absolute Gasteiger partial charge is 0.248 e. The van der Waals surface area contributed by atoms with Crippen LogP contribution in [0.4, 0.5) is 68.2 Å². The fourth-order valence-corrected chi connectivity index (χ4v) is 19.1. The molecule has 594 valence electrons. The van der Waals surface area contributed by atoms with Gasteiger partial charge in [-0.2, -0.15) is 0 Å². The number of anilines is 12. The Balaban J connectivity index is 0.000000150. The van der Waals surface area contributed by atoms with Crippen LogP contribution in [0.5, 0.6) is 0 Å². The number of para-hydroxylation sites is 8. The van der Waals surface area contributed by atoms with Crippen LogP contribution in [-0.4, -0.2) is 6.71 Å². The summed E-state index contributed by atoms with van der Waals surface area (Å²) < 4.78 is 14.0. The molecule has 0 saturated heterocycles. The van der Waals surface area contributed by atoms with E-state index in [4.69, 9.17) is 8.83 Å². The number of hydrogen-bond donors (Lipinski definition) is 0. The van der Waals surface area contributed by atoms with Gasteiger partial charge in [-0.1, -0.05) is 332 Å². The van der Waals surface area contributed by atoms with E-state index in [1.54, 1.807) is 0 Å². The van der Waals surface area contributed by atoms with Gasteiger partial charge in [0.1, 0.15) is 22.7 Å². The molecule has 0 saturated carbocycles. The first kappa shape index (κ1) is 75.7. The minimum absolute atomic E-state index is 0.0575. The van der Waals surface area contributed by atoms with E-state index in [1.165, 1.54) is 38.6 Å². The number of hydrogen-bond acceptors (Lipinski definition) is 6. The van der Waals surface area contributed by atoms with Crippen molar-refractivity contribution in [3.05, 3.63) is 526 Å². The first-order valence-electron chi connectivity index (χ1n) is 43.1. The van der Waals surface area contributed by atoms with E-state index in [2.05, 4.69) is 523 Å². The van der Waals surface area contributed by atoms with Gasteiger partial charge in [0.2, 0.25) is 6.71 Å². The summed E-state index contributed by atoms with van der Waals surface area (Å²) in [5.41, 5.74) is 34.5. The number of rotatable bonds is 19. The lowest BCUT2D eigenvalue weighted by Crippen LogP contribution is -2.48. The third kappa shape index (κ3) is 14.0. The van der Waals surface area contributed by atoms with Gasteiger partial charge in [-0.05, 0) is 249 Å². The molecule has 0 radical (unpaired) electrons. The Morgan fingerprint density at radius 1 is 0.198 bits per heavy atom. The predicted molar refractivity (Wildman–Crippen MR) is 527 cm³/mol. The maximum absolute atomic E-state index is 7.10. The summed E-state index contributed by atoms with van der Waals surface area (Å²) in [4.78, 5) is 9.19. The fourth-order valence-electron chi connectivity index (χ4n) is 19.1. The highest BCUT2D eigenvalue weighted by atomic mass is 16.3. The number of benzene rings is 19. The van der Waals surface area contributed by atoms with Gasteiger partial charge in [0.05, 0.1) is 5.41 Å². The highest BCUT2D eigenvalue weighted by molar-refractivity contribution is 7.00. The summed E-state index contributed by atoms with van der Waals surface area (Å²) in [7, 11) is 0. The summed E-state index contributed by atoms with van der Waals surface area (Å²) in [6.07, 6.45) is 0. The largest absolute Gasteiger partial charge is 0.457 e. The van der Waals surface area contributed by atoms with Crippen LogP contribution < -0.4 is 36.0 Å². The highest BCUT2D eigenvalue weighted by Crippen LogP contribution is 2.60. The quantitative estimate of drug-likeness (QED) is 0.0752. The standard InChI is InChI=1S/C63H44N2O.C56H39BN2O/c1-7-19-49(20-8-1)63(50-21-9-2-10-22-50)59-41-35-47(45-31-37-55(38-32-45)64(51-23-11-3-12-24-51)52-25-13-4-14-26-52)43-57(59)62-61(63)58-44-48(36-42-60(58)66-62)46-33-39-56(40-34-46)65(53-27-15-5-16-28-53)54-29-17-6-18-30-54;1-6-16-44(17-7-1)57-53-36-30-42(40-26-32-49(33-27-40)58(45-18-8-2-9-19-45)46-20-10-3-11-21-46)38-51(53)56-55(57)52-39-43(31-37-54(52)60-56)41-28-34-50(35-29-41)59(47-22-12-4-13-23-47)48-24-14-5-15-25-48/h1-44H;1-39H. The van der Waals surface area contributed by atoms with Crippen molar-refractivity contribution in [1.82, 2.24) is 0 Å². The molecule has 3 heterocycles. The van der Waals surface area contributed by atoms with Crippen LogP contribution in [-0.2, 0) is 5.41 Å². The van der Waals surface area contributed by atoms with E-state index in [9.17, 15) is 0 Å². The van der Waals surface area contributed by atoms with Crippen molar-refractivity contribution in [1.29, 1.82) is 0 Å². The second-order valence-electron chi connectivity index (χ2n) is 32.2. The van der Waals surface area contributed by atoms with Crippen molar-refractivity contribution in [2.75, 3.05) is 19.6 Å². The average Bonchev–Trinajstić information content (AvgIpc) is 1.52. The molecule has 23 rings (SSSR count). The van der Waals surface area contributed by atoms with Gasteiger partial charge in [-0.15, -0.1) is 0 Å². The van der Waals surface area contributed by atoms with Crippen molar-refractivity contribution in [2.45, 2.75) is 5.41 Å². The van der Waals surface area contributed by atoms with Gasteiger partial charge in [-0.3, -0.25) is 0 Å². The second-order valence-corrected chi connectivity index (χ2v) is 32.2. The Bertz CT molecular complexity index is 7180. The molecule has 19 aromatic carbocycles. The average molecular weight is 1610 g/mol. The first-order chi connectivity index (χ1) is 62.5. The van der Waals surface area contributed by atoms with Crippen molar-refractivity contribution < 1.29 is 8.83 Å². The Labute approximate surface area is 735 Å². The SMILES string of the molecule is c1ccc(B2c3ccc(-c4ccc(N(c5ccccc5)c5ccccc5)cc4)cc3-c3oc4ccc(-c5ccc(N(c6ccccc6)c6ccccc6)cc5)cc4c32)cc1.c1ccc(N(c2ccccc2)c2ccc(-c3ccc4c(c3)-c3oc5ccc(-c6ccc(N(c7ccccc7)c7ccccc7)cc6)cc5c3C4(c3ccccc3)c3ccccc3)cc2)cc1. The summed E-state index contributed by atoms with van der Waals surface area (Å²) in [6, 6.07) is 180. The van der Waals surface area contributed by atoms with Gasteiger partial charge < -0.3 is 28.4 Å². The minimum Gasteiger partial charge on any atom is -0.457 e. The highest BCUT2D eigenvalue weighted by Gasteiger charge is 2.50. The Morgan fingerprint density at radius 2 is 0.452 bits per heavy atom. The van der Waals surface area contributed by atoms with Crippen LogP contribution in [0.15, 0.2) is 512 Å². The van der Waals surface area contributed by atoms with E-state index >= 15 is 0 Å². The predicted octanol–water partition coefficient (Wildman–Crippen LogP) is 30.3. The Kier molecular flexibility index (Phi) is 19.9. The summed E-state index contributed by atoms with van der Waals surface area (Å²) >= 11 is 0. The van der Waals surface area contributed by atoms with Crippen LogP contribution in [0, 0.1) is 0 Å². The fraction of sp³-hybridized carbons (Fsp3) is 0.00840. The molecule has 0 bridgehead atoms. The van der Waals surface area contributed by atoms with Crippen LogP contribution in [0.3, 0.4) is 0 Å². The van der Waals surface area contributed by atoms with Crippen molar-refractivity contribution >= 4 is 113 Å². The molecule has 7 heteroatoms. The van der Waals surface area contributed by atoms with Gasteiger partial charge in [0.25, 0.3) is 0 Å². The van der Waals surface area contributed by atoms with E-state index in [0.29, 0.717) is 0 Å². The molecule has 0 atom stereocenters. The third-order valence-corrected chi connectivity index (χ3v) is 24.9. The summed E-state index contributed by atoms with van der Waals surface area (Å²) in [6.45, 7) is 0.0575. The molecule has 0 fully saturated rings. The summed E-state index contributed by atoms with van der Waals surface area (Å²) in [5.74, 6) is 1.87. The molecular weight excluding hydrogens is 1530 g/mol. The number of fused-ring (bicyclic) bond motifs is 10. The normalized spacial score (nSPS) is 12.0. The van der Waals surface area contributed by atoms with Crippen LogP contribution in [0.1, 0.15) is 22.3 Å². The Hall–Kier alpha value is -16.5. The zero-order chi connectivity index (χ0) is 83.7. The topological polar surface area (TPSA) is 39.2 Å². The number of furan rings is 2. The zero-order valence-electron chi connectivity index (χ0n) is 69.1. The van der Waals surface area contributed by atoms with Crippen LogP contribution in [0.2, 0.25) is 0 Å². The molecule has 0 unspecified atom stereocenters. The van der Waals surface area contributed by atoms with Crippen LogP contribution >= 0.6 is 0 Å². The molecule has 2 aliphatic rings. The van der Waals surface area contributed by atoms with Gasteiger partial charge >= 0.3 is 0 Å². The van der Waals surface area contributed by atoms with Crippen molar-refractivity contribution in [3.8, 4) is 67.2 Å². The van der Waals surface area contributed by atoms with Crippen LogP contribution in [0.25, 0.3) is 89.1 Å². The molecule has 1 aliphatic heterocycles. The van der Waals surface area contributed by atoms with E-state index in [0.717, 1.165) is 157 Å². The maximum atomic E-state index is 7.10. The molecule has 0 amide bonds. The molecule has 126 heavy (non-hydrogen) atoms. The molecule has 0 N–H and O–H groups in total. The number of nitrogens with zero attached hydrogens (tertiary/aromatic N) is 4. The third-order valence-electron chi connectivity index (χ3n) is 24.9. The molecular formula is C119H83BN4O2. The van der Waals surface area contributed by atoms with Crippen molar-refractivity contribution in [3.63, 3.8) is 0 Å². The molecule has 0 spiro atoms. The van der Waals surface area contributed by atoms with E-state index in [1.807, 2.05) is 0 Å².